The van der Waals surface area contributed by atoms with Crippen molar-refractivity contribution in [2.45, 2.75) is 26.7 Å². The Morgan fingerprint density at radius 1 is 1.58 bits per heavy atom. The molecule has 4 heteroatoms. The van der Waals surface area contributed by atoms with E-state index in [1.807, 2.05) is 0 Å². The maximum atomic E-state index is 11.6. The summed E-state index contributed by atoms with van der Waals surface area (Å²) in [5.41, 5.74) is 4.11. The number of hydrazone groups is 1. The molecule has 1 aromatic heterocycles. The number of hydrogen-bond donors (Lipinski definition) is 1. The number of rotatable bonds is 3. The Morgan fingerprint density at radius 2 is 2.42 bits per heavy atom. The first kappa shape index (κ1) is 12.2. The van der Waals surface area contributed by atoms with Gasteiger partial charge in [-0.05, 0) is 47.8 Å². The zero-order valence-electron chi connectivity index (χ0n) is 11.2. The second-order valence-electron chi connectivity index (χ2n) is 5.92. The van der Waals surface area contributed by atoms with Gasteiger partial charge >= 0.3 is 5.91 Å². The smallest absolute Gasteiger partial charge is 0.307 e. The number of fused-ring (bicyclic) bond motifs is 1. The lowest BCUT2D eigenvalue weighted by Crippen LogP contribution is -2.48. The second kappa shape index (κ2) is 4.37. The third kappa shape index (κ3) is 2.01. The van der Waals surface area contributed by atoms with Gasteiger partial charge in [0, 0.05) is 0 Å². The van der Waals surface area contributed by atoms with Crippen molar-refractivity contribution in [2.75, 3.05) is 0 Å². The maximum absolute atomic E-state index is 11.6. The predicted molar refractivity (Wildman–Crippen MR) is 72.7 cm³/mol. The summed E-state index contributed by atoms with van der Waals surface area (Å²) in [6.45, 7) is 4.63. The Kier molecular flexibility index (Phi) is 2.81. The van der Waals surface area contributed by atoms with Crippen molar-refractivity contribution in [3.05, 3.63) is 35.8 Å². The van der Waals surface area contributed by atoms with E-state index in [0.717, 1.165) is 12.3 Å². The zero-order valence-corrected chi connectivity index (χ0v) is 11.2. The maximum Gasteiger partial charge on any atom is 0.307 e. The van der Waals surface area contributed by atoms with Crippen LogP contribution < -0.4 is 5.43 Å². The van der Waals surface area contributed by atoms with Crippen molar-refractivity contribution >= 4 is 12.1 Å². The largest absolute Gasteiger partial charge is 0.459 e. The van der Waals surface area contributed by atoms with Crippen molar-refractivity contribution in [2.24, 2.45) is 22.4 Å². The first-order chi connectivity index (χ1) is 9.09. The van der Waals surface area contributed by atoms with Gasteiger partial charge in [0.15, 0.2) is 5.76 Å². The lowest BCUT2D eigenvalue weighted by Gasteiger charge is -2.55. The molecule has 3 aliphatic rings. The first-order valence-electron chi connectivity index (χ1n) is 6.66. The summed E-state index contributed by atoms with van der Waals surface area (Å²) in [4.78, 5) is 11.6. The number of furan rings is 1. The fraction of sp³-hybridized carbons (Fsp3) is 0.467. The molecule has 0 radical (unpaired) electrons. The highest BCUT2D eigenvalue weighted by atomic mass is 16.3. The molecule has 0 aliphatic heterocycles. The Hall–Kier alpha value is -1.84. The zero-order chi connectivity index (χ0) is 13.5. The highest BCUT2D eigenvalue weighted by molar-refractivity contribution is 5.92. The average Bonchev–Trinajstić information content (AvgIpc) is 2.92. The van der Waals surface area contributed by atoms with Crippen LogP contribution in [0.15, 0.2) is 39.6 Å². The Balaban J connectivity index is 1.62. The third-order valence-corrected chi connectivity index (χ3v) is 4.64. The van der Waals surface area contributed by atoms with Crippen LogP contribution in [0.4, 0.5) is 0 Å². The van der Waals surface area contributed by atoms with Gasteiger partial charge in [0.1, 0.15) is 0 Å². The van der Waals surface area contributed by atoms with Crippen LogP contribution in [0.3, 0.4) is 0 Å². The molecule has 3 aliphatic carbocycles. The van der Waals surface area contributed by atoms with Gasteiger partial charge in [0.2, 0.25) is 0 Å². The highest BCUT2D eigenvalue weighted by Crippen LogP contribution is 2.58. The standard InChI is InChI=1S/C15H18N2O2/c1-15(2)11-6-5-10(12(15)8-11)9-16-17-14(18)13-4-3-7-19-13/h3-5,7,9,11-12H,6,8H2,1-2H3,(H,17,18)/b16-9+. The van der Waals surface area contributed by atoms with E-state index in [1.165, 1.54) is 18.3 Å². The van der Waals surface area contributed by atoms with Crippen molar-refractivity contribution < 1.29 is 9.21 Å². The van der Waals surface area contributed by atoms with Crippen LogP contribution in [0.2, 0.25) is 0 Å². The van der Waals surface area contributed by atoms with Crippen molar-refractivity contribution in [1.82, 2.24) is 5.43 Å². The lowest BCUT2D eigenvalue weighted by atomic mass is 9.49. The van der Waals surface area contributed by atoms with Gasteiger partial charge in [-0.2, -0.15) is 5.10 Å². The monoisotopic (exact) mass is 258 g/mol. The van der Waals surface area contributed by atoms with E-state index in [4.69, 9.17) is 4.42 Å². The SMILES string of the molecule is CC1(C)C2CC=C(/C=N/NC(=O)c3ccco3)C1C2. The van der Waals surface area contributed by atoms with E-state index in [-0.39, 0.29) is 11.7 Å². The first-order valence-corrected chi connectivity index (χ1v) is 6.66. The molecule has 19 heavy (non-hydrogen) atoms. The van der Waals surface area contributed by atoms with Crippen molar-refractivity contribution in [3.8, 4) is 0 Å². The second-order valence-corrected chi connectivity index (χ2v) is 5.92. The summed E-state index contributed by atoms with van der Waals surface area (Å²) in [6, 6.07) is 3.30. The summed E-state index contributed by atoms with van der Waals surface area (Å²) in [5.74, 6) is 1.35. The molecule has 1 saturated carbocycles. The van der Waals surface area contributed by atoms with Gasteiger partial charge in [-0.3, -0.25) is 4.79 Å². The van der Waals surface area contributed by atoms with Gasteiger partial charge in [-0.15, -0.1) is 0 Å². The molecular weight excluding hydrogens is 240 g/mol. The molecule has 1 heterocycles. The molecule has 1 fully saturated rings. The third-order valence-electron chi connectivity index (χ3n) is 4.64. The number of allylic oxidation sites excluding steroid dienone is 2. The van der Waals surface area contributed by atoms with E-state index in [2.05, 4.69) is 30.5 Å². The summed E-state index contributed by atoms with van der Waals surface area (Å²) in [6.07, 6.45) is 7.86. The Labute approximate surface area is 112 Å². The van der Waals surface area contributed by atoms with Crippen LogP contribution in [0, 0.1) is 17.3 Å². The molecule has 0 saturated heterocycles. The Bertz CT molecular complexity index is 541. The molecule has 2 bridgehead atoms. The normalized spacial score (nSPS) is 27.8. The van der Waals surface area contributed by atoms with Crippen LogP contribution in [0.5, 0.6) is 0 Å². The van der Waals surface area contributed by atoms with Gasteiger partial charge in [-0.1, -0.05) is 19.9 Å². The summed E-state index contributed by atoms with van der Waals surface area (Å²) in [5, 5.41) is 4.04. The predicted octanol–water partition coefficient (Wildman–Crippen LogP) is 2.99. The van der Waals surface area contributed by atoms with Crippen LogP contribution in [-0.2, 0) is 0 Å². The summed E-state index contributed by atoms with van der Waals surface area (Å²) >= 11 is 0. The van der Waals surface area contributed by atoms with E-state index in [9.17, 15) is 4.79 Å². The topological polar surface area (TPSA) is 54.6 Å². The molecule has 1 aromatic rings. The lowest BCUT2D eigenvalue weighted by molar-refractivity contribution is -0.00126. The van der Waals surface area contributed by atoms with E-state index >= 15 is 0 Å². The molecule has 4 nitrogen and oxygen atoms in total. The molecule has 4 rings (SSSR count). The summed E-state index contributed by atoms with van der Waals surface area (Å²) in [7, 11) is 0. The van der Waals surface area contributed by atoms with Gasteiger partial charge in [0.25, 0.3) is 0 Å². The molecule has 100 valence electrons. The van der Waals surface area contributed by atoms with Crippen molar-refractivity contribution in [1.29, 1.82) is 0 Å². The molecular formula is C15H18N2O2. The van der Waals surface area contributed by atoms with Crippen molar-refractivity contribution in [3.63, 3.8) is 0 Å². The van der Waals surface area contributed by atoms with Gasteiger partial charge < -0.3 is 4.42 Å². The van der Waals surface area contributed by atoms with Crippen LogP contribution in [0.25, 0.3) is 0 Å². The van der Waals surface area contributed by atoms with Gasteiger partial charge in [0.05, 0.1) is 12.5 Å². The number of hydrogen-bond acceptors (Lipinski definition) is 3. The molecule has 2 unspecified atom stereocenters. The number of amides is 1. The van der Waals surface area contributed by atoms with E-state index in [0.29, 0.717) is 11.3 Å². The highest BCUT2D eigenvalue weighted by Gasteiger charge is 2.50. The molecule has 2 atom stereocenters. The average molecular weight is 258 g/mol. The van der Waals surface area contributed by atoms with E-state index in [1.54, 1.807) is 18.3 Å². The van der Waals surface area contributed by atoms with Crippen LogP contribution in [0.1, 0.15) is 37.2 Å². The fourth-order valence-electron chi connectivity index (χ4n) is 3.17. The number of carbonyl (C=O) groups is 1. The minimum atomic E-state index is -0.316. The van der Waals surface area contributed by atoms with E-state index < -0.39 is 0 Å². The molecule has 1 N–H and O–H groups in total. The van der Waals surface area contributed by atoms with Gasteiger partial charge in [-0.25, -0.2) is 5.43 Å². The molecule has 0 spiro atoms. The van der Waals surface area contributed by atoms with Crippen LogP contribution >= 0.6 is 0 Å². The molecule has 1 amide bonds. The molecule has 0 aromatic carbocycles. The van der Waals surface area contributed by atoms with Crippen LogP contribution in [-0.4, -0.2) is 12.1 Å². The number of carbonyl (C=O) groups excluding carboxylic acids is 1. The Morgan fingerprint density at radius 3 is 3.05 bits per heavy atom. The minimum absolute atomic E-state index is 0.277. The number of nitrogens with one attached hydrogen (secondary N) is 1. The minimum Gasteiger partial charge on any atom is -0.459 e. The summed E-state index contributed by atoms with van der Waals surface area (Å²) < 4.78 is 5.00. The number of nitrogens with zero attached hydrogens (tertiary/aromatic N) is 1. The fourth-order valence-corrected chi connectivity index (χ4v) is 3.17. The quantitative estimate of drug-likeness (QED) is 0.669.